The first kappa shape index (κ1) is 24.3. The van der Waals surface area contributed by atoms with E-state index in [1.807, 2.05) is 11.5 Å². The predicted octanol–water partition coefficient (Wildman–Crippen LogP) is 8.10. The van der Waals surface area contributed by atoms with Gasteiger partial charge in [0.2, 0.25) is 0 Å². The van der Waals surface area contributed by atoms with Crippen LogP contribution in [0.25, 0.3) is 11.8 Å². The fourth-order valence-corrected chi connectivity index (χ4v) is 6.31. The third-order valence-corrected chi connectivity index (χ3v) is 7.87. The van der Waals surface area contributed by atoms with Gasteiger partial charge in [-0.2, -0.15) is 0 Å². The van der Waals surface area contributed by atoms with Gasteiger partial charge in [0, 0.05) is 23.1 Å². The van der Waals surface area contributed by atoms with Gasteiger partial charge in [-0.25, -0.2) is 13.8 Å². The molecule has 0 radical (unpaired) electrons. The number of rotatable bonds is 4. The molecule has 2 heterocycles. The topological polar surface area (TPSA) is 58.7 Å². The quantitative estimate of drug-likeness (QED) is 0.254. The van der Waals surface area contributed by atoms with E-state index in [0.29, 0.717) is 5.92 Å². The van der Waals surface area contributed by atoms with Crippen molar-refractivity contribution >= 4 is 34.4 Å². The van der Waals surface area contributed by atoms with E-state index >= 15 is 0 Å². The zero-order valence-corrected chi connectivity index (χ0v) is 21.3. The van der Waals surface area contributed by atoms with Crippen LogP contribution in [-0.4, -0.2) is 15.0 Å². The van der Waals surface area contributed by atoms with Crippen LogP contribution in [0.2, 0.25) is 0 Å². The van der Waals surface area contributed by atoms with Gasteiger partial charge in [0.1, 0.15) is 11.6 Å². The molecule has 1 aliphatic carbocycles. The lowest BCUT2D eigenvalue weighted by Crippen LogP contribution is -2.35. The Bertz CT molecular complexity index is 1560. The summed E-state index contributed by atoms with van der Waals surface area (Å²) in [5.74, 6) is -0.261. The average molecular weight is 528 g/mol. The lowest BCUT2D eigenvalue weighted by molar-refractivity contribution is -0.384. The maximum atomic E-state index is 13.9. The maximum absolute atomic E-state index is 13.9. The number of nitro benzene ring substituents is 1. The predicted molar refractivity (Wildman–Crippen MR) is 147 cm³/mol. The van der Waals surface area contributed by atoms with Gasteiger partial charge in [-0.15, -0.1) is 0 Å². The molecule has 0 unspecified atom stereocenters. The summed E-state index contributed by atoms with van der Waals surface area (Å²) in [6.45, 7) is 2.19. The van der Waals surface area contributed by atoms with Crippen LogP contribution in [0, 0.1) is 27.7 Å². The van der Waals surface area contributed by atoms with Gasteiger partial charge in [-0.3, -0.25) is 10.1 Å². The van der Waals surface area contributed by atoms with Crippen LogP contribution in [0.15, 0.2) is 100 Å². The lowest BCUT2D eigenvalue weighted by Gasteiger charge is -2.41. The molecule has 3 aromatic rings. The van der Waals surface area contributed by atoms with E-state index in [2.05, 4.69) is 17.9 Å². The van der Waals surface area contributed by atoms with E-state index in [1.165, 1.54) is 42.1 Å². The van der Waals surface area contributed by atoms with Crippen molar-refractivity contribution in [3.8, 4) is 0 Å². The molecule has 2 aliphatic heterocycles. The summed E-state index contributed by atoms with van der Waals surface area (Å²) in [4.78, 5) is 18.3. The molecule has 0 N–H and O–H groups in total. The molecule has 2 atom stereocenters. The number of thioether (sulfide) groups is 1. The fourth-order valence-electron chi connectivity index (χ4n) is 5.38. The summed E-state index contributed by atoms with van der Waals surface area (Å²) >= 11 is 1.47. The van der Waals surface area contributed by atoms with Gasteiger partial charge in [0.15, 0.2) is 5.17 Å². The Morgan fingerprint density at radius 2 is 1.74 bits per heavy atom. The number of hydrogen-bond acceptors (Lipinski definition) is 5. The molecule has 0 aromatic heterocycles. The smallest absolute Gasteiger partial charge is 0.270 e. The third-order valence-electron chi connectivity index (χ3n) is 7.03. The number of hydrogen-bond donors (Lipinski definition) is 0. The van der Waals surface area contributed by atoms with Crippen LogP contribution >= 0.6 is 11.8 Å². The van der Waals surface area contributed by atoms with E-state index in [4.69, 9.17) is 4.99 Å². The van der Waals surface area contributed by atoms with E-state index in [1.54, 1.807) is 36.4 Å². The van der Waals surface area contributed by atoms with E-state index in [0.717, 1.165) is 57.2 Å². The molecule has 6 rings (SSSR count). The van der Waals surface area contributed by atoms with Crippen molar-refractivity contribution < 1.29 is 13.7 Å². The number of non-ortho nitro benzene ring substituents is 1. The Balaban J connectivity index is 1.50. The first-order chi connectivity index (χ1) is 18.4. The normalized spacial score (nSPS) is 21.7. The molecule has 0 saturated carbocycles. The minimum absolute atomic E-state index is 0.0184. The molecule has 38 heavy (non-hydrogen) atoms. The van der Waals surface area contributed by atoms with E-state index in [-0.39, 0.29) is 23.4 Å². The lowest BCUT2D eigenvalue weighted by atomic mass is 9.78. The Kier molecular flexibility index (Phi) is 6.19. The van der Waals surface area contributed by atoms with Crippen molar-refractivity contribution in [1.29, 1.82) is 0 Å². The Hall–Kier alpha value is -4.04. The molecule has 5 nitrogen and oxygen atoms in total. The highest BCUT2D eigenvalue weighted by Gasteiger charge is 2.41. The molecule has 8 heteroatoms. The summed E-state index contributed by atoms with van der Waals surface area (Å²) in [6, 6.07) is 19.3. The Labute approximate surface area is 223 Å². The van der Waals surface area contributed by atoms with Crippen molar-refractivity contribution in [3.63, 3.8) is 0 Å². The summed E-state index contributed by atoms with van der Waals surface area (Å²) in [5, 5.41) is 14.2. The number of nitro groups is 1. The third kappa shape index (κ3) is 4.45. The van der Waals surface area contributed by atoms with Crippen molar-refractivity contribution in [2.75, 3.05) is 0 Å². The van der Waals surface area contributed by atoms with E-state index < -0.39 is 4.92 Å². The highest BCUT2D eigenvalue weighted by molar-refractivity contribution is 8.16. The molecular weight excluding hydrogens is 504 g/mol. The monoisotopic (exact) mass is 527 g/mol. The SMILES string of the molecule is C[C@H]1CC2=C(N=C3SC=C(c4cccc([N+](=O)[O-])c4)N3[C@H]2c2ccc(F)cc2)/C(=C/c2ccc(F)cc2)C1. The minimum atomic E-state index is -0.398. The molecule has 190 valence electrons. The van der Waals surface area contributed by atoms with Crippen molar-refractivity contribution in [1.82, 2.24) is 4.90 Å². The molecular formula is C30H23F2N3O2S. The summed E-state index contributed by atoms with van der Waals surface area (Å²) in [6.07, 6.45) is 3.71. The number of nitrogens with zero attached hydrogens (tertiary/aromatic N) is 3. The van der Waals surface area contributed by atoms with Crippen molar-refractivity contribution in [2.45, 2.75) is 25.8 Å². The van der Waals surface area contributed by atoms with Crippen LogP contribution in [0.4, 0.5) is 14.5 Å². The fraction of sp³-hybridized carbons (Fsp3) is 0.167. The highest BCUT2D eigenvalue weighted by Crippen LogP contribution is 2.52. The number of halogens is 2. The maximum Gasteiger partial charge on any atom is 0.270 e. The Morgan fingerprint density at radius 3 is 2.45 bits per heavy atom. The largest absolute Gasteiger partial charge is 0.308 e. The van der Waals surface area contributed by atoms with Gasteiger partial charge in [0.05, 0.1) is 22.4 Å². The summed E-state index contributed by atoms with van der Waals surface area (Å²) in [7, 11) is 0. The molecule has 3 aliphatic rings. The Morgan fingerprint density at radius 1 is 1.03 bits per heavy atom. The minimum Gasteiger partial charge on any atom is -0.308 e. The zero-order valence-electron chi connectivity index (χ0n) is 20.5. The first-order valence-corrected chi connectivity index (χ1v) is 13.2. The van der Waals surface area contributed by atoms with Crippen LogP contribution in [-0.2, 0) is 0 Å². The van der Waals surface area contributed by atoms with Gasteiger partial charge in [-0.1, -0.05) is 55.1 Å². The average Bonchev–Trinajstić information content (AvgIpc) is 3.33. The van der Waals surface area contributed by atoms with Crippen LogP contribution in [0.5, 0.6) is 0 Å². The van der Waals surface area contributed by atoms with Gasteiger partial charge >= 0.3 is 0 Å². The van der Waals surface area contributed by atoms with Gasteiger partial charge < -0.3 is 4.90 Å². The van der Waals surface area contributed by atoms with Crippen LogP contribution in [0.3, 0.4) is 0 Å². The number of fused-ring (bicyclic) bond motifs is 1. The molecule has 3 aromatic carbocycles. The molecule has 0 amide bonds. The molecule has 0 bridgehead atoms. The summed E-state index contributed by atoms with van der Waals surface area (Å²) in [5.41, 5.74) is 6.48. The molecule has 0 fully saturated rings. The second-order valence-electron chi connectivity index (χ2n) is 9.76. The number of allylic oxidation sites excluding steroid dienone is 1. The highest BCUT2D eigenvalue weighted by atomic mass is 32.2. The van der Waals surface area contributed by atoms with Gasteiger partial charge in [0.25, 0.3) is 5.69 Å². The van der Waals surface area contributed by atoms with Crippen LogP contribution in [0.1, 0.15) is 42.5 Å². The van der Waals surface area contributed by atoms with Gasteiger partial charge in [-0.05, 0) is 71.4 Å². The van der Waals surface area contributed by atoms with E-state index in [9.17, 15) is 18.9 Å². The number of benzene rings is 3. The van der Waals surface area contributed by atoms with Crippen molar-refractivity contribution in [2.24, 2.45) is 10.9 Å². The zero-order chi connectivity index (χ0) is 26.4. The first-order valence-electron chi connectivity index (χ1n) is 12.3. The number of aliphatic imine (C=N–C) groups is 1. The second-order valence-corrected chi connectivity index (χ2v) is 10.6. The van der Waals surface area contributed by atoms with Crippen LogP contribution < -0.4 is 0 Å². The standard InChI is InChI=1S/C30H23F2N3O2S/c1-18-13-22(15-19-5-9-23(31)10-6-19)28-26(14-18)29(20-7-11-24(32)12-8-20)34-27(17-38-30(34)33-28)21-3-2-4-25(16-21)35(36)37/h2-12,15-18,29H,13-14H2,1H3/b22-15+/t18-,29+/m1/s1. The summed E-state index contributed by atoms with van der Waals surface area (Å²) < 4.78 is 27.5. The number of amidine groups is 1. The molecule has 0 saturated heterocycles. The van der Waals surface area contributed by atoms with Crippen molar-refractivity contribution in [3.05, 3.63) is 133 Å². The second kappa shape index (κ2) is 9.68. The molecule has 0 spiro atoms.